The summed E-state index contributed by atoms with van der Waals surface area (Å²) in [4.78, 5) is 7.87. The second-order valence-electron chi connectivity index (χ2n) is 2.74. The van der Waals surface area contributed by atoms with Crippen LogP contribution in [0.15, 0.2) is 9.17 Å². The lowest BCUT2D eigenvalue weighted by Gasteiger charge is -1.75. The van der Waals surface area contributed by atoms with Crippen LogP contribution >= 0.6 is 38.6 Å². The van der Waals surface area contributed by atoms with Crippen molar-refractivity contribution in [3.63, 3.8) is 0 Å². The summed E-state index contributed by atoms with van der Waals surface area (Å²) < 4.78 is 1.02. The first-order valence-corrected chi connectivity index (χ1v) is 6.54. The third kappa shape index (κ3) is 4.15. The number of aryl methyl sites for hydroxylation is 2. The molecule has 0 amide bonds. The van der Waals surface area contributed by atoms with Gasteiger partial charge in [0.2, 0.25) is 0 Å². The predicted molar refractivity (Wildman–Crippen MR) is 70.2 cm³/mol. The number of nitrogens with two attached hydrogens (primary N) is 2. The number of nitrogens with zero attached hydrogens (tertiary/aromatic N) is 2. The van der Waals surface area contributed by atoms with E-state index < -0.39 is 0 Å². The monoisotopic (exact) mass is 306 g/mol. The fourth-order valence-corrected chi connectivity index (χ4v) is 2.46. The standard InChI is InChI=1S/C4H5BrN2S.C4H6N2S/c1-2-3(5)8-4(6)7-2;1-3-2-7-4(5)6-3/h1H3,(H2,6,7);2H,1H3,(H2,5,6). The van der Waals surface area contributed by atoms with E-state index in [-0.39, 0.29) is 0 Å². The molecule has 0 radical (unpaired) electrons. The van der Waals surface area contributed by atoms with Crippen molar-refractivity contribution < 1.29 is 0 Å². The van der Waals surface area contributed by atoms with Gasteiger partial charge < -0.3 is 11.5 Å². The van der Waals surface area contributed by atoms with Gasteiger partial charge in [0.05, 0.1) is 15.2 Å². The molecule has 2 heterocycles. The van der Waals surface area contributed by atoms with E-state index in [9.17, 15) is 0 Å². The lowest BCUT2D eigenvalue weighted by molar-refractivity contribution is 1.26. The van der Waals surface area contributed by atoms with Gasteiger partial charge in [0.15, 0.2) is 10.3 Å². The third-order valence-corrected chi connectivity index (χ3v) is 4.02. The van der Waals surface area contributed by atoms with Crippen LogP contribution in [-0.4, -0.2) is 9.97 Å². The molecule has 0 saturated heterocycles. The molecule has 0 fully saturated rings. The lowest BCUT2D eigenvalue weighted by atomic mass is 10.6. The highest BCUT2D eigenvalue weighted by Gasteiger charge is 1.98. The largest absolute Gasteiger partial charge is 0.375 e. The summed E-state index contributed by atoms with van der Waals surface area (Å²) in [6.45, 7) is 3.84. The van der Waals surface area contributed by atoms with Crippen molar-refractivity contribution >= 4 is 48.9 Å². The molecule has 2 rings (SSSR count). The van der Waals surface area contributed by atoms with Gasteiger partial charge in [-0.05, 0) is 29.8 Å². The molecule has 15 heavy (non-hydrogen) atoms. The maximum absolute atomic E-state index is 5.36. The van der Waals surface area contributed by atoms with E-state index in [2.05, 4.69) is 25.9 Å². The van der Waals surface area contributed by atoms with Crippen LogP contribution < -0.4 is 11.5 Å². The van der Waals surface area contributed by atoms with Gasteiger partial charge >= 0.3 is 0 Å². The third-order valence-electron chi connectivity index (χ3n) is 1.39. The average Bonchev–Trinajstić information content (AvgIpc) is 2.61. The number of rotatable bonds is 0. The molecule has 0 spiro atoms. The zero-order chi connectivity index (χ0) is 11.4. The van der Waals surface area contributed by atoms with Gasteiger partial charge in [-0.1, -0.05) is 11.3 Å². The van der Waals surface area contributed by atoms with Crippen LogP contribution in [0, 0.1) is 13.8 Å². The first-order valence-electron chi connectivity index (χ1n) is 4.05. The van der Waals surface area contributed by atoms with Crippen molar-refractivity contribution in [2.24, 2.45) is 0 Å². The van der Waals surface area contributed by atoms with E-state index in [1.165, 1.54) is 22.7 Å². The Kier molecular flexibility index (Phi) is 4.49. The van der Waals surface area contributed by atoms with E-state index in [0.29, 0.717) is 10.3 Å². The molecule has 7 heteroatoms. The summed E-state index contributed by atoms with van der Waals surface area (Å²) in [5.74, 6) is 0. The molecule has 2 aromatic rings. The number of aromatic nitrogens is 2. The maximum atomic E-state index is 5.36. The Hall–Kier alpha value is -0.660. The second-order valence-corrected chi connectivity index (χ2v) is 5.98. The van der Waals surface area contributed by atoms with Crippen molar-refractivity contribution in [2.45, 2.75) is 13.8 Å². The minimum atomic E-state index is 0.620. The Bertz CT molecular complexity index is 402. The maximum Gasteiger partial charge on any atom is 0.181 e. The van der Waals surface area contributed by atoms with Gasteiger partial charge in [-0.15, -0.1) is 11.3 Å². The highest BCUT2D eigenvalue weighted by molar-refractivity contribution is 9.11. The first-order chi connectivity index (χ1) is 6.99. The Morgan fingerprint density at radius 1 is 1.20 bits per heavy atom. The quantitative estimate of drug-likeness (QED) is 0.784. The van der Waals surface area contributed by atoms with E-state index in [4.69, 9.17) is 11.5 Å². The smallest absolute Gasteiger partial charge is 0.181 e. The van der Waals surface area contributed by atoms with Crippen molar-refractivity contribution in [1.29, 1.82) is 0 Å². The molecular weight excluding hydrogens is 296 g/mol. The van der Waals surface area contributed by atoms with Crippen molar-refractivity contribution in [2.75, 3.05) is 11.5 Å². The minimum Gasteiger partial charge on any atom is -0.375 e. The summed E-state index contributed by atoms with van der Waals surface area (Å²) >= 11 is 6.22. The number of halogens is 1. The van der Waals surface area contributed by atoms with Crippen LogP contribution in [0.4, 0.5) is 10.3 Å². The Balaban J connectivity index is 0.000000151. The normalized spacial score (nSPS) is 9.53. The number of anilines is 2. The van der Waals surface area contributed by atoms with E-state index in [1.807, 2.05) is 19.2 Å². The molecule has 0 aromatic carbocycles. The summed E-state index contributed by atoms with van der Waals surface area (Å²) in [7, 11) is 0. The minimum absolute atomic E-state index is 0.620. The molecule has 0 saturated carbocycles. The molecule has 4 nitrogen and oxygen atoms in total. The summed E-state index contributed by atoms with van der Waals surface area (Å²) in [5.41, 5.74) is 12.6. The molecule has 2 aromatic heterocycles. The number of thiazole rings is 2. The van der Waals surface area contributed by atoms with Crippen molar-refractivity contribution in [3.8, 4) is 0 Å². The number of hydrogen-bond acceptors (Lipinski definition) is 6. The molecule has 82 valence electrons. The fourth-order valence-electron chi connectivity index (χ4n) is 0.770. The number of nitrogen functional groups attached to an aromatic ring is 2. The summed E-state index contributed by atoms with van der Waals surface area (Å²) in [6, 6.07) is 0. The van der Waals surface area contributed by atoms with Gasteiger partial charge in [-0.25, -0.2) is 9.97 Å². The van der Waals surface area contributed by atoms with Gasteiger partial charge in [0, 0.05) is 5.38 Å². The molecular formula is C8H11BrN4S2. The molecule has 0 aliphatic rings. The fraction of sp³-hybridized carbons (Fsp3) is 0.250. The van der Waals surface area contributed by atoms with E-state index in [1.54, 1.807) is 0 Å². The van der Waals surface area contributed by atoms with Gasteiger partial charge in [0.1, 0.15) is 0 Å². The van der Waals surface area contributed by atoms with Crippen molar-refractivity contribution in [3.05, 3.63) is 20.6 Å². The summed E-state index contributed by atoms with van der Waals surface area (Å²) in [6.07, 6.45) is 0. The second kappa shape index (κ2) is 5.43. The Labute approximate surface area is 104 Å². The molecule has 0 bridgehead atoms. The molecule has 0 aliphatic heterocycles. The topological polar surface area (TPSA) is 77.8 Å². The van der Waals surface area contributed by atoms with Crippen LogP contribution in [0.3, 0.4) is 0 Å². The highest BCUT2D eigenvalue weighted by Crippen LogP contribution is 2.24. The molecule has 0 atom stereocenters. The predicted octanol–water partition coefficient (Wildman–Crippen LogP) is 2.83. The van der Waals surface area contributed by atoms with E-state index >= 15 is 0 Å². The van der Waals surface area contributed by atoms with Crippen molar-refractivity contribution in [1.82, 2.24) is 9.97 Å². The Morgan fingerprint density at radius 2 is 1.87 bits per heavy atom. The summed E-state index contributed by atoms with van der Waals surface area (Å²) in [5, 5.41) is 3.20. The van der Waals surface area contributed by atoms with Crippen LogP contribution in [0.2, 0.25) is 0 Å². The van der Waals surface area contributed by atoms with E-state index in [0.717, 1.165) is 15.2 Å². The Morgan fingerprint density at radius 3 is 2.00 bits per heavy atom. The molecule has 4 N–H and O–H groups in total. The van der Waals surface area contributed by atoms with Crippen LogP contribution in [-0.2, 0) is 0 Å². The van der Waals surface area contributed by atoms with Crippen LogP contribution in [0.1, 0.15) is 11.4 Å². The average molecular weight is 307 g/mol. The molecule has 0 aliphatic carbocycles. The molecule has 0 unspecified atom stereocenters. The number of hydrogen-bond donors (Lipinski definition) is 2. The highest BCUT2D eigenvalue weighted by atomic mass is 79.9. The van der Waals surface area contributed by atoms with Crippen LogP contribution in [0.25, 0.3) is 0 Å². The van der Waals surface area contributed by atoms with Crippen LogP contribution in [0.5, 0.6) is 0 Å². The SMILES string of the molecule is Cc1csc(N)n1.Cc1nc(N)sc1Br. The van der Waals surface area contributed by atoms with Gasteiger partial charge in [0.25, 0.3) is 0 Å². The van der Waals surface area contributed by atoms with Gasteiger partial charge in [-0.3, -0.25) is 0 Å². The van der Waals surface area contributed by atoms with Gasteiger partial charge in [-0.2, -0.15) is 0 Å². The lowest BCUT2D eigenvalue weighted by Crippen LogP contribution is -1.80. The zero-order valence-electron chi connectivity index (χ0n) is 8.32. The first kappa shape index (κ1) is 12.4. The zero-order valence-corrected chi connectivity index (χ0v) is 11.5.